The number of carbonyl (C=O) groups is 1. The maximum atomic E-state index is 11.4. The Balaban J connectivity index is 2.05. The zero-order chi connectivity index (χ0) is 10.4. The Hall–Kier alpha value is -0.220. The molecule has 82 valence electrons. The molecule has 14 heavy (non-hydrogen) atoms. The van der Waals surface area contributed by atoms with E-state index in [4.69, 9.17) is 0 Å². The molecule has 0 spiro atoms. The molecular weight excluding hydrogens is 196 g/mol. The van der Waals surface area contributed by atoms with Gasteiger partial charge in [-0.15, -0.1) is 0 Å². The monoisotopic (exact) mass is 216 g/mol. The van der Waals surface area contributed by atoms with Crippen molar-refractivity contribution >= 4 is 17.7 Å². The van der Waals surface area contributed by atoms with Gasteiger partial charge in [-0.1, -0.05) is 0 Å². The van der Waals surface area contributed by atoms with Crippen molar-refractivity contribution in [3.05, 3.63) is 0 Å². The molecule has 0 aromatic carbocycles. The van der Waals surface area contributed by atoms with Crippen molar-refractivity contribution in [2.45, 2.75) is 25.0 Å². The average Bonchev–Trinajstić information content (AvgIpc) is 2.69. The first-order chi connectivity index (χ1) is 6.74. The molecule has 1 rings (SSSR count). The molecule has 0 radical (unpaired) electrons. The summed E-state index contributed by atoms with van der Waals surface area (Å²) in [6.45, 7) is 4.25. The predicted octanol–water partition coefficient (Wildman–Crippen LogP) is 0.950. The van der Waals surface area contributed by atoms with Crippen LogP contribution >= 0.6 is 11.8 Å². The molecule has 0 bridgehead atoms. The minimum atomic E-state index is 0.190. The smallest absolute Gasteiger partial charge is 0.236 e. The van der Waals surface area contributed by atoms with E-state index in [1.807, 2.05) is 25.7 Å². The van der Waals surface area contributed by atoms with Crippen molar-refractivity contribution in [3.8, 4) is 0 Å². The second-order valence-corrected chi connectivity index (χ2v) is 5.08. The lowest BCUT2D eigenvalue weighted by Gasteiger charge is -2.15. The van der Waals surface area contributed by atoms with Crippen LogP contribution in [-0.4, -0.2) is 48.5 Å². The molecule has 3 nitrogen and oxygen atoms in total. The fourth-order valence-electron chi connectivity index (χ4n) is 1.46. The molecule has 1 fully saturated rings. The summed E-state index contributed by atoms with van der Waals surface area (Å²) >= 11 is 2.02. The van der Waals surface area contributed by atoms with Crippen LogP contribution in [0, 0.1) is 0 Å². The molecule has 1 aliphatic heterocycles. The summed E-state index contributed by atoms with van der Waals surface area (Å²) in [4.78, 5) is 13.1. The van der Waals surface area contributed by atoms with E-state index in [1.165, 1.54) is 18.6 Å². The molecule has 1 atom stereocenters. The normalized spacial score (nSPS) is 21.1. The highest BCUT2D eigenvalue weighted by Crippen LogP contribution is 2.24. The van der Waals surface area contributed by atoms with E-state index < -0.39 is 0 Å². The Morgan fingerprint density at radius 3 is 3.00 bits per heavy atom. The number of nitrogens with one attached hydrogen (secondary N) is 1. The van der Waals surface area contributed by atoms with Gasteiger partial charge in [0.25, 0.3) is 0 Å². The van der Waals surface area contributed by atoms with Crippen molar-refractivity contribution in [3.63, 3.8) is 0 Å². The predicted molar refractivity (Wildman–Crippen MR) is 61.7 cm³/mol. The lowest BCUT2D eigenvalue weighted by Crippen LogP contribution is -2.37. The number of carbonyl (C=O) groups excluding carboxylic acids is 1. The minimum absolute atomic E-state index is 0.190. The highest BCUT2D eigenvalue weighted by molar-refractivity contribution is 8.00. The third-order valence-corrected chi connectivity index (χ3v) is 3.97. The van der Waals surface area contributed by atoms with Gasteiger partial charge in [-0.2, -0.15) is 11.8 Å². The zero-order valence-corrected chi connectivity index (χ0v) is 9.90. The molecule has 1 N–H and O–H groups in total. The second kappa shape index (κ2) is 6.30. The molecule has 0 aromatic rings. The minimum Gasteiger partial charge on any atom is -0.345 e. The van der Waals surface area contributed by atoms with Gasteiger partial charge < -0.3 is 10.2 Å². The first-order valence-corrected chi connectivity index (χ1v) is 6.35. The molecule has 1 saturated heterocycles. The molecule has 0 aromatic heterocycles. The summed E-state index contributed by atoms with van der Waals surface area (Å²) in [5.74, 6) is 1.48. The van der Waals surface area contributed by atoms with Crippen LogP contribution in [0.1, 0.15) is 19.8 Å². The van der Waals surface area contributed by atoms with E-state index in [0.717, 1.165) is 18.3 Å². The Labute approximate surface area is 90.6 Å². The molecule has 0 aliphatic carbocycles. The number of amides is 1. The van der Waals surface area contributed by atoms with E-state index in [9.17, 15) is 4.79 Å². The number of hydrogen-bond donors (Lipinski definition) is 1. The zero-order valence-electron chi connectivity index (χ0n) is 9.08. The Bertz CT molecular complexity index is 181. The van der Waals surface area contributed by atoms with Gasteiger partial charge in [0.1, 0.15) is 0 Å². The topological polar surface area (TPSA) is 32.3 Å². The van der Waals surface area contributed by atoms with E-state index >= 15 is 0 Å². The maximum absolute atomic E-state index is 11.4. The SMILES string of the molecule is CCN(C)C(=O)CNCC1CCCS1. The molecular formula is C10H20N2OS. The molecule has 1 heterocycles. The largest absolute Gasteiger partial charge is 0.345 e. The third kappa shape index (κ3) is 3.88. The summed E-state index contributed by atoms with van der Waals surface area (Å²) in [7, 11) is 1.84. The molecule has 1 amide bonds. The van der Waals surface area contributed by atoms with Crippen molar-refractivity contribution in [2.24, 2.45) is 0 Å². The average molecular weight is 216 g/mol. The van der Waals surface area contributed by atoms with Crippen LogP contribution in [0.2, 0.25) is 0 Å². The number of likely N-dealkylation sites (N-methyl/N-ethyl adjacent to an activating group) is 1. The van der Waals surface area contributed by atoms with Crippen LogP contribution in [0.3, 0.4) is 0 Å². The highest BCUT2D eigenvalue weighted by atomic mass is 32.2. The van der Waals surface area contributed by atoms with E-state index in [-0.39, 0.29) is 5.91 Å². The molecule has 4 heteroatoms. The highest BCUT2D eigenvalue weighted by Gasteiger charge is 2.15. The van der Waals surface area contributed by atoms with Crippen LogP contribution in [0.5, 0.6) is 0 Å². The Kier molecular flexibility index (Phi) is 5.33. The first-order valence-electron chi connectivity index (χ1n) is 5.30. The number of hydrogen-bond acceptors (Lipinski definition) is 3. The Morgan fingerprint density at radius 2 is 2.43 bits per heavy atom. The van der Waals surface area contributed by atoms with Crippen molar-refractivity contribution in [2.75, 3.05) is 32.4 Å². The van der Waals surface area contributed by atoms with Gasteiger partial charge in [-0.05, 0) is 25.5 Å². The van der Waals surface area contributed by atoms with E-state index in [1.54, 1.807) is 4.90 Å². The third-order valence-electron chi connectivity index (χ3n) is 2.57. The number of thioether (sulfide) groups is 1. The summed E-state index contributed by atoms with van der Waals surface area (Å²) in [5, 5.41) is 3.96. The summed E-state index contributed by atoms with van der Waals surface area (Å²) < 4.78 is 0. The molecule has 1 unspecified atom stereocenters. The first kappa shape index (κ1) is 11.9. The molecule has 1 aliphatic rings. The van der Waals surface area contributed by atoms with E-state index in [2.05, 4.69) is 5.32 Å². The fourth-order valence-corrected chi connectivity index (χ4v) is 2.69. The summed E-state index contributed by atoms with van der Waals surface area (Å²) in [6, 6.07) is 0. The number of nitrogens with zero attached hydrogens (tertiary/aromatic N) is 1. The quantitative estimate of drug-likeness (QED) is 0.742. The standard InChI is InChI=1S/C10H20N2OS/c1-3-12(2)10(13)8-11-7-9-5-4-6-14-9/h9,11H,3-8H2,1-2H3. The van der Waals surface area contributed by atoms with Crippen molar-refractivity contribution in [1.29, 1.82) is 0 Å². The van der Waals surface area contributed by atoms with Crippen LogP contribution in [0.4, 0.5) is 0 Å². The van der Waals surface area contributed by atoms with Gasteiger partial charge >= 0.3 is 0 Å². The maximum Gasteiger partial charge on any atom is 0.236 e. The van der Waals surface area contributed by atoms with Gasteiger partial charge in [0.2, 0.25) is 5.91 Å². The summed E-state index contributed by atoms with van der Waals surface area (Å²) in [5.41, 5.74) is 0. The van der Waals surface area contributed by atoms with Gasteiger partial charge in [-0.3, -0.25) is 4.79 Å². The van der Waals surface area contributed by atoms with Crippen molar-refractivity contribution < 1.29 is 4.79 Å². The van der Waals surface area contributed by atoms with Crippen LogP contribution in [-0.2, 0) is 4.79 Å². The van der Waals surface area contributed by atoms with E-state index in [0.29, 0.717) is 6.54 Å². The van der Waals surface area contributed by atoms with Gasteiger partial charge in [0.15, 0.2) is 0 Å². The van der Waals surface area contributed by atoms with Crippen LogP contribution in [0.15, 0.2) is 0 Å². The lowest BCUT2D eigenvalue weighted by molar-refractivity contribution is -0.128. The Morgan fingerprint density at radius 1 is 1.64 bits per heavy atom. The van der Waals surface area contributed by atoms with Gasteiger partial charge in [-0.25, -0.2) is 0 Å². The summed E-state index contributed by atoms with van der Waals surface area (Å²) in [6.07, 6.45) is 2.63. The van der Waals surface area contributed by atoms with Crippen LogP contribution in [0.25, 0.3) is 0 Å². The molecule has 0 saturated carbocycles. The number of rotatable bonds is 5. The van der Waals surface area contributed by atoms with Crippen LogP contribution < -0.4 is 5.32 Å². The fraction of sp³-hybridized carbons (Fsp3) is 0.900. The lowest BCUT2D eigenvalue weighted by atomic mass is 10.2. The van der Waals surface area contributed by atoms with Crippen molar-refractivity contribution in [1.82, 2.24) is 10.2 Å². The van der Waals surface area contributed by atoms with Gasteiger partial charge in [0, 0.05) is 25.4 Å². The second-order valence-electron chi connectivity index (χ2n) is 3.67. The van der Waals surface area contributed by atoms with Gasteiger partial charge in [0.05, 0.1) is 6.54 Å².